The number of nitrogens with one attached hydrogen (secondary N) is 1. The molecule has 0 amide bonds. The molecule has 0 saturated carbocycles. The lowest BCUT2D eigenvalue weighted by Crippen LogP contribution is -2.34. The number of ether oxygens (including phenoxy) is 1. The summed E-state index contributed by atoms with van der Waals surface area (Å²) in [7, 11) is 0. The molecule has 0 bridgehead atoms. The Kier molecular flexibility index (Phi) is 5.54. The summed E-state index contributed by atoms with van der Waals surface area (Å²) in [6, 6.07) is 16.9. The van der Waals surface area contributed by atoms with Crippen LogP contribution in [0.4, 0.5) is 0 Å². The van der Waals surface area contributed by atoms with Crippen LogP contribution in [0, 0.1) is 0 Å². The van der Waals surface area contributed by atoms with E-state index in [4.69, 9.17) is 16.3 Å². The van der Waals surface area contributed by atoms with E-state index in [0.717, 1.165) is 35.4 Å². The van der Waals surface area contributed by atoms with Gasteiger partial charge in [0.05, 0.1) is 5.57 Å². The van der Waals surface area contributed by atoms with E-state index in [1.165, 1.54) is 0 Å². The van der Waals surface area contributed by atoms with Gasteiger partial charge in [-0.15, -0.1) is 0 Å². The minimum atomic E-state index is -0.445. The number of hydrogen-bond donors (Lipinski definition) is 1. The van der Waals surface area contributed by atoms with E-state index >= 15 is 0 Å². The average molecular weight is 408 g/mol. The molecule has 2 aromatic rings. The van der Waals surface area contributed by atoms with E-state index in [1.807, 2.05) is 49.4 Å². The second-order valence-electron chi connectivity index (χ2n) is 7.38. The van der Waals surface area contributed by atoms with Crippen molar-refractivity contribution in [2.75, 3.05) is 0 Å². The van der Waals surface area contributed by atoms with Crippen molar-refractivity contribution in [1.82, 2.24) is 5.32 Å². The molecule has 1 aliphatic heterocycles. The fourth-order valence-electron chi connectivity index (χ4n) is 4.04. The first-order chi connectivity index (χ1) is 14.0. The van der Waals surface area contributed by atoms with Crippen molar-refractivity contribution in [2.24, 2.45) is 0 Å². The zero-order chi connectivity index (χ0) is 20.4. The van der Waals surface area contributed by atoms with Gasteiger partial charge < -0.3 is 10.1 Å². The number of halogens is 1. The molecule has 2 aliphatic rings. The number of carbonyl (C=O) groups is 2. The summed E-state index contributed by atoms with van der Waals surface area (Å²) in [5.41, 5.74) is 4.59. The summed E-state index contributed by atoms with van der Waals surface area (Å²) < 4.78 is 5.63. The van der Waals surface area contributed by atoms with Crippen molar-refractivity contribution < 1.29 is 14.3 Å². The van der Waals surface area contributed by atoms with E-state index in [1.54, 1.807) is 12.1 Å². The van der Waals surface area contributed by atoms with E-state index < -0.39 is 11.9 Å². The van der Waals surface area contributed by atoms with Gasteiger partial charge in [0, 0.05) is 34.3 Å². The number of dihydropyridines is 1. The van der Waals surface area contributed by atoms with Crippen LogP contribution in [0.15, 0.2) is 77.1 Å². The van der Waals surface area contributed by atoms with Gasteiger partial charge in [0.2, 0.25) is 0 Å². The highest BCUT2D eigenvalue weighted by atomic mass is 35.5. The van der Waals surface area contributed by atoms with Crippen molar-refractivity contribution in [2.45, 2.75) is 38.7 Å². The van der Waals surface area contributed by atoms with Gasteiger partial charge in [-0.05, 0) is 43.0 Å². The first-order valence-corrected chi connectivity index (χ1v) is 10.1. The van der Waals surface area contributed by atoms with Crippen LogP contribution in [0.1, 0.15) is 43.2 Å². The lowest BCUT2D eigenvalue weighted by Gasteiger charge is -2.34. The number of carbonyl (C=O) groups excluding carboxylic acids is 2. The van der Waals surface area contributed by atoms with Crippen LogP contribution in [0.3, 0.4) is 0 Å². The van der Waals surface area contributed by atoms with Crippen LogP contribution < -0.4 is 5.32 Å². The van der Waals surface area contributed by atoms with Crippen LogP contribution in [0.5, 0.6) is 0 Å². The third kappa shape index (κ3) is 3.99. The molecule has 1 atom stereocenters. The Bertz CT molecular complexity index is 1010. The Morgan fingerprint density at radius 2 is 1.83 bits per heavy atom. The molecule has 0 saturated heterocycles. The highest BCUT2D eigenvalue weighted by Gasteiger charge is 2.39. The molecule has 148 valence electrons. The van der Waals surface area contributed by atoms with Gasteiger partial charge in [-0.2, -0.15) is 0 Å². The summed E-state index contributed by atoms with van der Waals surface area (Å²) >= 11 is 6.07. The van der Waals surface area contributed by atoms with Crippen LogP contribution in [-0.4, -0.2) is 11.8 Å². The Labute approximate surface area is 175 Å². The number of esters is 1. The van der Waals surface area contributed by atoms with Crippen molar-refractivity contribution in [3.05, 3.63) is 93.3 Å². The first kappa shape index (κ1) is 19.5. The van der Waals surface area contributed by atoms with Crippen LogP contribution in [-0.2, 0) is 20.9 Å². The second kappa shape index (κ2) is 8.26. The standard InChI is InChI=1S/C24H22ClNO3/c1-15-21(24(28)29-14-16-6-3-2-4-7-16)22(17-10-12-18(25)13-11-17)23-19(26-15)8-5-9-20(23)27/h2-4,6-7,10-13,22,26H,5,8-9,14H2,1H3/t22-/m1/s1. The predicted molar refractivity (Wildman–Crippen MR) is 112 cm³/mol. The monoisotopic (exact) mass is 407 g/mol. The molecule has 4 rings (SSSR count). The normalized spacial score (nSPS) is 19.0. The smallest absolute Gasteiger partial charge is 0.337 e. The molecule has 1 aliphatic carbocycles. The number of benzene rings is 2. The molecule has 2 aromatic carbocycles. The van der Waals surface area contributed by atoms with E-state index in [0.29, 0.717) is 22.6 Å². The highest BCUT2D eigenvalue weighted by Crippen LogP contribution is 2.42. The number of rotatable bonds is 4. The summed E-state index contributed by atoms with van der Waals surface area (Å²) in [5, 5.41) is 3.91. The van der Waals surface area contributed by atoms with Crippen molar-refractivity contribution in [1.29, 1.82) is 0 Å². The Hall–Kier alpha value is -2.85. The van der Waals surface area contributed by atoms with E-state index in [-0.39, 0.29) is 12.4 Å². The molecule has 0 radical (unpaired) electrons. The first-order valence-electron chi connectivity index (χ1n) is 9.75. The van der Waals surface area contributed by atoms with Crippen molar-refractivity contribution in [3.63, 3.8) is 0 Å². The Morgan fingerprint density at radius 3 is 2.55 bits per heavy atom. The maximum absolute atomic E-state index is 13.1. The minimum absolute atomic E-state index is 0.0829. The third-order valence-electron chi connectivity index (χ3n) is 5.41. The molecule has 0 aromatic heterocycles. The van der Waals surface area contributed by atoms with Gasteiger partial charge in [-0.25, -0.2) is 4.79 Å². The lowest BCUT2D eigenvalue weighted by molar-refractivity contribution is -0.140. The molecule has 0 spiro atoms. The maximum Gasteiger partial charge on any atom is 0.337 e. The molecule has 1 heterocycles. The summed E-state index contributed by atoms with van der Waals surface area (Å²) in [4.78, 5) is 26.0. The number of hydrogen-bond acceptors (Lipinski definition) is 4. The molecule has 29 heavy (non-hydrogen) atoms. The molecule has 5 heteroatoms. The van der Waals surface area contributed by atoms with E-state index in [2.05, 4.69) is 5.32 Å². The maximum atomic E-state index is 13.1. The van der Waals surface area contributed by atoms with Gasteiger partial charge in [0.15, 0.2) is 5.78 Å². The third-order valence-corrected chi connectivity index (χ3v) is 5.66. The predicted octanol–water partition coefficient (Wildman–Crippen LogP) is 5.05. The Morgan fingerprint density at radius 1 is 1.10 bits per heavy atom. The summed E-state index contributed by atoms with van der Waals surface area (Å²) in [6.07, 6.45) is 2.11. The topological polar surface area (TPSA) is 55.4 Å². The fourth-order valence-corrected chi connectivity index (χ4v) is 4.17. The average Bonchev–Trinajstić information content (AvgIpc) is 2.72. The van der Waals surface area contributed by atoms with Gasteiger partial charge in [-0.3, -0.25) is 4.79 Å². The van der Waals surface area contributed by atoms with Crippen molar-refractivity contribution in [3.8, 4) is 0 Å². The molecule has 1 N–H and O–H groups in total. The van der Waals surface area contributed by atoms with Gasteiger partial charge in [0.1, 0.15) is 6.61 Å². The van der Waals surface area contributed by atoms with Crippen molar-refractivity contribution >= 4 is 23.4 Å². The largest absolute Gasteiger partial charge is 0.457 e. The number of ketones is 1. The second-order valence-corrected chi connectivity index (χ2v) is 7.82. The van der Waals surface area contributed by atoms with Gasteiger partial charge >= 0.3 is 5.97 Å². The summed E-state index contributed by atoms with van der Waals surface area (Å²) in [6.45, 7) is 2.05. The van der Waals surface area contributed by atoms with Crippen LogP contribution >= 0.6 is 11.6 Å². The highest BCUT2D eigenvalue weighted by molar-refractivity contribution is 6.30. The Balaban J connectivity index is 1.70. The molecular formula is C24H22ClNO3. The number of Topliss-reactive ketones (excluding diaryl/α,β-unsaturated/α-hetero) is 1. The van der Waals surface area contributed by atoms with Gasteiger partial charge in [0.25, 0.3) is 0 Å². The molecule has 0 unspecified atom stereocenters. The zero-order valence-corrected chi connectivity index (χ0v) is 17.0. The van der Waals surface area contributed by atoms with Crippen LogP contribution in [0.25, 0.3) is 0 Å². The summed E-state index contributed by atoms with van der Waals surface area (Å²) in [5.74, 6) is -0.775. The van der Waals surface area contributed by atoms with E-state index in [9.17, 15) is 9.59 Å². The fraction of sp³-hybridized carbons (Fsp3) is 0.250. The van der Waals surface area contributed by atoms with Crippen LogP contribution in [0.2, 0.25) is 5.02 Å². The lowest BCUT2D eigenvalue weighted by atomic mass is 9.75. The number of allylic oxidation sites excluding steroid dienone is 3. The van der Waals surface area contributed by atoms with Gasteiger partial charge in [-0.1, -0.05) is 54.1 Å². The molecule has 4 nitrogen and oxygen atoms in total. The minimum Gasteiger partial charge on any atom is -0.457 e. The SMILES string of the molecule is CC1=C(C(=O)OCc2ccccc2)[C@@H](c2ccc(Cl)cc2)C2=C(CCCC2=O)N1. The molecule has 0 fully saturated rings. The quantitative estimate of drug-likeness (QED) is 0.720. The zero-order valence-electron chi connectivity index (χ0n) is 16.2. The molecular weight excluding hydrogens is 386 g/mol.